The van der Waals surface area contributed by atoms with Crippen LogP contribution in [0.2, 0.25) is 0 Å². The largest absolute Gasteiger partial charge is 0.478 e. The normalized spacial score (nSPS) is 23.7. The van der Waals surface area contributed by atoms with Gasteiger partial charge in [-0.15, -0.1) is 0 Å². The van der Waals surface area contributed by atoms with Crippen molar-refractivity contribution < 1.29 is 9.90 Å². The molecular formula is C22H26N2O2. The monoisotopic (exact) mass is 350 g/mol. The Morgan fingerprint density at radius 1 is 0.846 bits per heavy atom. The Bertz CT molecular complexity index is 759. The average Bonchev–Trinajstić information content (AvgIpc) is 3.23. The van der Waals surface area contributed by atoms with E-state index in [1.807, 2.05) is 12.1 Å². The molecule has 0 radical (unpaired) electrons. The van der Waals surface area contributed by atoms with Crippen molar-refractivity contribution in [1.29, 1.82) is 0 Å². The Morgan fingerprint density at radius 2 is 1.38 bits per heavy atom. The third-order valence-electron chi connectivity index (χ3n) is 5.89. The van der Waals surface area contributed by atoms with Crippen LogP contribution in [0, 0.1) is 5.41 Å². The van der Waals surface area contributed by atoms with Gasteiger partial charge in [0.2, 0.25) is 0 Å². The van der Waals surface area contributed by atoms with Gasteiger partial charge >= 0.3 is 5.97 Å². The summed E-state index contributed by atoms with van der Waals surface area (Å²) in [6, 6.07) is 18.1. The first kappa shape index (κ1) is 17.3. The summed E-state index contributed by atoms with van der Waals surface area (Å²) in [5.74, 6) is -0.860. The first-order valence-corrected chi connectivity index (χ1v) is 9.43. The third kappa shape index (κ3) is 3.81. The maximum atomic E-state index is 11.0. The van der Waals surface area contributed by atoms with E-state index in [4.69, 9.17) is 5.11 Å². The lowest BCUT2D eigenvalue weighted by atomic mass is 9.86. The second-order valence-corrected chi connectivity index (χ2v) is 7.91. The van der Waals surface area contributed by atoms with Gasteiger partial charge in [0.05, 0.1) is 5.56 Å². The third-order valence-corrected chi connectivity index (χ3v) is 5.89. The van der Waals surface area contributed by atoms with Crippen molar-refractivity contribution in [3.8, 4) is 0 Å². The molecule has 2 aromatic carbocycles. The van der Waals surface area contributed by atoms with Gasteiger partial charge in [0.15, 0.2) is 0 Å². The number of hydrogen-bond donors (Lipinski definition) is 1. The van der Waals surface area contributed by atoms with E-state index in [9.17, 15) is 4.79 Å². The zero-order valence-electron chi connectivity index (χ0n) is 15.1. The number of carbonyl (C=O) groups is 1. The number of likely N-dealkylation sites (tertiary alicyclic amines) is 2. The number of aromatic carboxylic acids is 1. The van der Waals surface area contributed by atoms with Crippen molar-refractivity contribution in [2.24, 2.45) is 5.41 Å². The van der Waals surface area contributed by atoms with Crippen LogP contribution in [0.15, 0.2) is 54.6 Å². The highest BCUT2D eigenvalue weighted by Gasteiger charge is 2.43. The van der Waals surface area contributed by atoms with Crippen LogP contribution in [0.25, 0.3) is 0 Å². The maximum Gasteiger partial charge on any atom is 0.335 e. The highest BCUT2D eigenvalue weighted by atomic mass is 16.4. The fourth-order valence-electron chi connectivity index (χ4n) is 4.51. The van der Waals surface area contributed by atoms with Gasteiger partial charge in [-0.1, -0.05) is 42.5 Å². The summed E-state index contributed by atoms with van der Waals surface area (Å²) in [5, 5.41) is 9.01. The molecule has 0 aliphatic carbocycles. The fourth-order valence-corrected chi connectivity index (χ4v) is 4.51. The van der Waals surface area contributed by atoms with Crippen LogP contribution in [0.3, 0.4) is 0 Å². The second-order valence-electron chi connectivity index (χ2n) is 7.91. The number of benzene rings is 2. The fraction of sp³-hybridized carbons (Fsp3) is 0.409. The molecule has 1 N–H and O–H groups in total. The molecule has 4 heteroatoms. The van der Waals surface area contributed by atoms with Crippen LogP contribution >= 0.6 is 0 Å². The van der Waals surface area contributed by atoms with Gasteiger partial charge in [-0.25, -0.2) is 4.79 Å². The summed E-state index contributed by atoms with van der Waals surface area (Å²) in [4.78, 5) is 16.1. The Labute approximate surface area is 155 Å². The van der Waals surface area contributed by atoms with E-state index in [1.165, 1.54) is 37.1 Å². The summed E-state index contributed by atoms with van der Waals surface area (Å²) < 4.78 is 0. The molecule has 2 saturated heterocycles. The lowest BCUT2D eigenvalue weighted by Crippen LogP contribution is -2.30. The number of carboxylic acids is 1. The van der Waals surface area contributed by atoms with Crippen molar-refractivity contribution in [3.05, 3.63) is 71.3 Å². The Kier molecular flexibility index (Phi) is 4.79. The molecule has 1 atom stereocenters. The van der Waals surface area contributed by atoms with Gasteiger partial charge in [0.25, 0.3) is 0 Å². The van der Waals surface area contributed by atoms with Gasteiger partial charge in [-0.05, 0) is 54.6 Å². The molecule has 0 amide bonds. The zero-order chi connectivity index (χ0) is 18.0. The van der Waals surface area contributed by atoms with E-state index in [0.717, 1.165) is 26.2 Å². The number of rotatable bonds is 5. The van der Waals surface area contributed by atoms with Crippen molar-refractivity contribution in [1.82, 2.24) is 9.80 Å². The average molecular weight is 350 g/mol. The molecule has 0 saturated carbocycles. The smallest absolute Gasteiger partial charge is 0.335 e. The van der Waals surface area contributed by atoms with Crippen LogP contribution in [0.1, 0.15) is 34.3 Å². The second kappa shape index (κ2) is 7.22. The van der Waals surface area contributed by atoms with Crippen molar-refractivity contribution in [2.75, 3.05) is 26.2 Å². The van der Waals surface area contributed by atoms with Crippen LogP contribution in [0.5, 0.6) is 0 Å². The van der Waals surface area contributed by atoms with E-state index < -0.39 is 5.97 Å². The Hall–Kier alpha value is -2.17. The lowest BCUT2D eigenvalue weighted by Gasteiger charge is -2.25. The van der Waals surface area contributed by atoms with E-state index >= 15 is 0 Å². The molecular weight excluding hydrogens is 324 g/mol. The van der Waals surface area contributed by atoms with Crippen LogP contribution < -0.4 is 0 Å². The number of carboxylic acid groups (broad SMARTS) is 1. The minimum atomic E-state index is -0.860. The Morgan fingerprint density at radius 3 is 1.92 bits per heavy atom. The molecule has 1 unspecified atom stereocenters. The van der Waals surface area contributed by atoms with Gasteiger partial charge in [-0.2, -0.15) is 0 Å². The summed E-state index contributed by atoms with van der Waals surface area (Å²) in [5.41, 5.74) is 3.40. The molecule has 4 rings (SSSR count). The molecule has 2 aliphatic heterocycles. The summed E-state index contributed by atoms with van der Waals surface area (Å²) in [6.07, 6.45) is 2.56. The Balaban J connectivity index is 1.32. The minimum Gasteiger partial charge on any atom is -0.478 e. The molecule has 0 aromatic heterocycles. The SMILES string of the molecule is O=C(O)c1ccc(CN2CCC3(CCN(Cc4ccccc4)C3)C2)cc1. The summed E-state index contributed by atoms with van der Waals surface area (Å²) in [7, 11) is 0. The topological polar surface area (TPSA) is 43.8 Å². The minimum absolute atomic E-state index is 0.360. The molecule has 2 fully saturated rings. The first-order valence-electron chi connectivity index (χ1n) is 9.43. The van der Waals surface area contributed by atoms with Crippen LogP contribution in [0.4, 0.5) is 0 Å². The van der Waals surface area contributed by atoms with Crippen molar-refractivity contribution in [3.63, 3.8) is 0 Å². The van der Waals surface area contributed by atoms with Crippen LogP contribution in [-0.2, 0) is 13.1 Å². The lowest BCUT2D eigenvalue weighted by molar-refractivity contribution is 0.0697. The molecule has 26 heavy (non-hydrogen) atoms. The predicted molar refractivity (Wildman–Crippen MR) is 102 cm³/mol. The van der Waals surface area contributed by atoms with Gasteiger partial charge in [0.1, 0.15) is 0 Å². The molecule has 0 bridgehead atoms. The molecule has 4 nitrogen and oxygen atoms in total. The standard InChI is InChI=1S/C22H26N2O2/c25-21(26)20-8-6-19(7-9-20)15-24-13-11-22(17-24)10-12-23(16-22)14-18-4-2-1-3-5-18/h1-9H,10-17H2,(H,25,26). The number of nitrogens with zero attached hydrogens (tertiary/aromatic N) is 2. The molecule has 2 aromatic rings. The van der Waals surface area contributed by atoms with E-state index in [-0.39, 0.29) is 0 Å². The van der Waals surface area contributed by atoms with Crippen LogP contribution in [-0.4, -0.2) is 47.1 Å². The van der Waals surface area contributed by atoms with Gasteiger partial charge in [-0.3, -0.25) is 9.80 Å². The van der Waals surface area contributed by atoms with E-state index in [1.54, 1.807) is 12.1 Å². The predicted octanol–water partition coefficient (Wildman–Crippen LogP) is 3.48. The maximum absolute atomic E-state index is 11.0. The molecule has 2 aliphatic rings. The van der Waals surface area contributed by atoms with Gasteiger partial charge < -0.3 is 5.11 Å². The summed E-state index contributed by atoms with van der Waals surface area (Å²) >= 11 is 0. The highest BCUT2D eigenvalue weighted by Crippen LogP contribution is 2.40. The quantitative estimate of drug-likeness (QED) is 0.897. The van der Waals surface area contributed by atoms with Crippen molar-refractivity contribution in [2.45, 2.75) is 25.9 Å². The van der Waals surface area contributed by atoms with Crippen molar-refractivity contribution >= 4 is 5.97 Å². The van der Waals surface area contributed by atoms with Gasteiger partial charge in [0, 0.05) is 26.2 Å². The van der Waals surface area contributed by atoms with E-state index in [0.29, 0.717) is 11.0 Å². The molecule has 1 spiro atoms. The molecule has 2 heterocycles. The number of hydrogen-bond acceptors (Lipinski definition) is 3. The highest BCUT2D eigenvalue weighted by molar-refractivity contribution is 5.87. The van der Waals surface area contributed by atoms with E-state index in [2.05, 4.69) is 40.1 Å². The first-order chi connectivity index (χ1) is 12.6. The summed E-state index contributed by atoms with van der Waals surface area (Å²) in [6.45, 7) is 6.64. The zero-order valence-corrected chi connectivity index (χ0v) is 15.1. The molecule has 136 valence electrons.